The van der Waals surface area contributed by atoms with Gasteiger partial charge in [0.15, 0.2) is 17.3 Å². The van der Waals surface area contributed by atoms with Crippen molar-refractivity contribution in [1.82, 2.24) is 20.7 Å². The van der Waals surface area contributed by atoms with E-state index in [4.69, 9.17) is 22.6 Å². The van der Waals surface area contributed by atoms with Crippen LogP contribution in [0.3, 0.4) is 0 Å². The summed E-state index contributed by atoms with van der Waals surface area (Å²) in [5.41, 5.74) is 18.0. The molecule has 0 bridgehead atoms. The van der Waals surface area contributed by atoms with Crippen molar-refractivity contribution in [3.8, 4) is 0 Å². The number of amides is 3. The molecule has 1 fully saturated rings. The predicted molar refractivity (Wildman–Crippen MR) is 148 cm³/mol. The van der Waals surface area contributed by atoms with Crippen LogP contribution in [0.1, 0.15) is 39.6 Å². The standard InChI is InChI=1S/C26H31N9O6/c1-15(36)26(10-11-31-22(39)17-6-8-19(9-7-17)32-25(29)30)24(41)34(14-20(37)38)12-13-35(26)33-23(40)18-4-2-16(3-5-18)21(27)28/h2-9H,10-14H2,1H3,(H3,27,28)(H,31,39)(H,33,40)(H,37,38)(H4,29,30,32)/t26-/m0/s1. The summed E-state index contributed by atoms with van der Waals surface area (Å²) in [7, 11) is 0. The summed E-state index contributed by atoms with van der Waals surface area (Å²) in [6, 6.07) is 11.9. The van der Waals surface area contributed by atoms with Gasteiger partial charge in [0, 0.05) is 42.7 Å². The van der Waals surface area contributed by atoms with Gasteiger partial charge >= 0.3 is 5.97 Å². The van der Waals surface area contributed by atoms with Gasteiger partial charge in [-0.2, -0.15) is 5.01 Å². The Morgan fingerprint density at radius 1 is 0.951 bits per heavy atom. The molecule has 216 valence electrons. The first-order chi connectivity index (χ1) is 19.3. The monoisotopic (exact) mass is 565 g/mol. The van der Waals surface area contributed by atoms with Crippen LogP contribution in [0.5, 0.6) is 0 Å². The van der Waals surface area contributed by atoms with Crippen LogP contribution in [0.4, 0.5) is 5.69 Å². The number of ketones is 1. The second-order valence-electron chi connectivity index (χ2n) is 9.21. The zero-order chi connectivity index (χ0) is 30.3. The van der Waals surface area contributed by atoms with Crippen LogP contribution in [-0.4, -0.2) is 88.0 Å². The summed E-state index contributed by atoms with van der Waals surface area (Å²) in [6.45, 7) is 0.221. The number of nitrogens with zero attached hydrogens (tertiary/aromatic N) is 3. The summed E-state index contributed by atoms with van der Waals surface area (Å²) in [6.07, 6.45) is -0.265. The number of carboxylic acid groups (broad SMARTS) is 1. The molecule has 0 saturated carbocycles. The number of nitrogens with two attached hydrogens (primary N) is 3. The van der Waals surface area contributed by atoms with E-state index in [1.54, 1.807) is 0 Å². The molecule has 0 radical (unpaired) electrons. The Labute approximate surface area is 234 Å². The number of benzene rings is 2. The molecule has 1 atom stereocenters. The van der Waals surface area contributed by atoms with Gasteiger partial charge in [-0.1, -0.05) is 12.1 Å². The van der Waals surface area contributed by atoms with Crippen LogP contribution in [0.15, 0.2) is 53.5 Å². The molecule has 1 aliphatic heterocycles. The third kappa shape index (κ3) is 7.02. The first-order valence-electron chi connectivity index (χ1n) is 12.4. The molecule has 15 heteroatoms. The second kappa shape index (κ2) is 12.7. The number of rotatable bonds is 11. The molecule has 0 aromatic heterocycles. The quantitative estimate of drug-likeness (QED) is 0.0983. The van der Waals surface area contributed by atoms with Crippen molar-refractivity contribution in [3.63, 3.8) is 0 Å². The minimum Gasteiger partial charge on any atom is -0.480 e. The number of nitrogens with one attached hydrogen (secondary N) is 3. The van der Waals surface area contributed by atoms with Crippen LogP contribution in [-0.2, 0) is 14.4 Å². The number of carboxylic acids is 1. The van der Waals surface area contributed by atoms with Crippen molar-refractivity contribution in [1.29, 1.82) is 5.41 Å². The maximum Gasteiger partial charge on any atom is 0.323 e. The highest BCUT2D eigenvalue weighted by atomic mass is 16.4. The normalized spacial score (nSPS) is 16.9. The maximum atomic E-state index is 13.6. The predicted octanol–water partition coefficient (Wildman–Crippen LogP) is -1.10. The first-order valence-corrected chi connectivity index (χ1v) is 12.4. The summed E-state index contributed by atoms with van der Waals surface area (Å²) < 4.78 is 0. The number of carbonyl (C=O) groups is 5. The highest BCUT2D eigenvalue weighted by Gasteiger charge is 2.54. The zero-order valence-corrected chi connectivity index (χ0v) is 22.2. The molecule has 1 heterocycles. The Morgan fingerprint density at radius 2 is 1.51 bits per heavy atom. The number of guanidine groups is 1. The van der Waals surface area contributed by atoms with E-state index >= 15 is 0 Å². The van der Waals surface area contributed by atoms with Crippen molar-refractivity contribution >= 4 is 47.0 Å². The Morgan fingerprint density at radius 3 is 2.05 bits per heavy atom. The summed E-state index contributed by atoms with van der Waals surface area (Å²) in [5.74, 6) is -4.21. The van der Waals surface area contributed by atoms with Crippen LogP contribution >= 0.6 is 0 Å². The fourth-order valence-corrected chi connectivity index (χ4v) is 4.40. The van der Waals surface area contributed by atoms with Gasteiger partial charge in [0.1, 0.15) is 12.4 Å². The molecule has 15 nitrogen and oxygen atoms in total. The molecule has 3 amide bonds. The maximum absolute atomic E-state index is 13.6. The Hall–Kier alpha value is -5.31. The van der Waals surface area contributed by atoms with Gasteiger partial charge in [0.05, 0.1) is 5.69 Å². The van der Waals surface area contributed by atoms with Crippen LogP contribution in [0.25, 0.3) is 0 Å². The van der Waals surface area contributed by atoms with Crippen LogP contribution in [0.2, 0.25) is 0 Å². The van der Waals surface area contributed by atoms with Gasteiger partial charge in [-0.3, -0.25) is 34.8 Å². The van der Waals surface area contributed by atoms with Gasteiger partial charge in [0.25, 0.3) is 17.7 Å². The number of hydrogen-bond donors (Lipinski definition) is 7. The number of piperazine rings is 1. The Kier molecular flexibility index (Phi) is 9.36. The molecule has 2 aromatic rings. The lowest BCUT2D eigenvalue weighted by Gasteiger charge is -2.47. The number of hydrazine groups is 1. The molecule has 1 aliphatic rings. The third-order valence-electron chi connectivity index (χ3n) is 6.46. The van der Waals surface area contributed by atoms with Crippen molar-refractivity contribution in [2.45, 2.75) is 18.9 Å². The van der Waals surface area contributed by atoms with Gasteiger partial charge < -0.3 is 32.5 Å². The van der Waals surface area contributed by atoms with E-state index in [9.17, 15) is 29.1 Å². The van der Waals surface area contributed by atoms with Crippen molar-refractivity contribution < 1.29 is 29.1 Å². The number of aliphatic imine (C=N–C) groups is 1. The molecule has 0 spiro atoms. The molecule has 2 aromatic carbocycles. The van der Waals surface area contributed by atoms with E-state index in [-0.39, 0.29) is 49.0 Å². The smallest absolute Gasteiger partial charge is 0.323 e. The zero-order valence-electron chi connectivity index (χ0n) is 22.2. The van der Waals surface area contributed by atoms with E-state index in [1.165, 1.54) is 53.5 Å². The lowest BCUT2D eigenvalue weighted by molar-refractivity contribution is -0.165. The van der Waals surface area contributed by atoms with Crippen molar-refractivity contribution in [2.75, 3.05) is 26.2 Å². The molecule has 0 unspecified atom stereocenters. The number of carbonyl (C=O) groups excluding carboxylic acids is 4. The number of nitrogen functional groups attached to an aromatic ring is 1. The molecule has 3 rings (SSSR count). The number of aliphatic carboxylic acids is 1. The van der Waals surface area contributed by atoms with E-state index in [2.05, 4.69) is 15.7 Å². The SMILES string of the molecule is CC(=O)[C@@]1(CCNC(=O)c2ccc(N=C(N)N)cc2)C(=O)N(CC(=O)O)CCN1NC(=O)c1ccc(C(=N)N)cc1. The highest BCUT2D eigenvalue weighted by Crippen LogP contribution is 2.27. The molecular weight excluding hydrogens is 534 g/mol. The minimum atomic E-state index is -1.99. The number of hydrogen-bond acceptors (Lipinski definition) is 8. The van der Waals surface area contributed by atoms with Crippen LogP contribution in [0, 0.1) is 5.41 Å². The van der Waals surface area contributed by atoms with E-state index < -0.39 is 41.6 Å². The third-order valence-corrected chi connectivity index (χ3v) is 6.46. The number of amidine groups is 1. The fraction of sp³-hybridized carbons (Fsp3) is 0.269. The van der Waals surface area contributed by atoms with E-state index in [1.807, 2.05) is 0 Å². The van der Waals surface area contributed by atoms with Crippen molar-refractivity contribution in [2.24, 2.45) is 22.2 Å². The molecule has 1 saturated heterocycles. The lowest BCUT2D eigenvalue weighted by Crippen LogP contribution is -2.73. The van der Waals surface area contributed by atoms with Crippen LogP contribution < -0.4 is 27.9 Å². The van der Waals surface area contributed by atoms with Gasteiger partial charge in [0.2, 0.25) is 0 Å². The average Bonchev–Trinajstić information content (AvgIpc) is 2.91. The fourth-order valence-electron chi connectivity index (χ4n) is 4.40. The highest BCUT2D eigenvalue weighted by molar-refractivity contribution is 6.11. The molecule has 41 heavy (non-hydrogen) atoms. The Bertz CT molecular complexity index is 1390. The minimum absolute atomic E-state index is 0.0595. The van der Waals surface area contributed by atoms with E-state index in [0.717, 1.165) is 11.8 Å². The molecular formula is C26H31N9O6. The van der Waals surface area contributed by atoms with E-state index in [0.29, 0.717) is 11.3 Å². The summed E-state index contributed by atoms with van der Waals surface area (Å²) in [5, 5.41) is 20.6. The van der Waals surface area contributed by atoms with Gasteiger partial charge in [-0.15, -0.1) is 0 Å². The summed E-state index contributed by atoms with van der Waals surface area (Å²) >= 11 is 0. The first kappa shape index (κ1) is 30.2. The lowest BCUT2D eigenvalue weighted by atomic mass is 9.86. The Balaban J connectivity index is 1.83. The summed E-state index contributed by atoms with van der Waals surface area (Å²) in [4.78, 5) is 68.8. The largest absolute Gasteiger partial charge is 0.480 e. The molecule has 0 aliphatic carbocycles. The average molecular weight is 566 g/mol. The van der Waals surface area contributed by atoms with Gasteiger partial charge in [-0.25, -0.2) is 4.99 Å². The topological polar surface area (TPSA) is 250 Å². The second-order valence-corrected chi connectivity index (χ2v) is 9.21. The van der Waals surface area contributed by atoms with Gasteiger partial charge in [-0.05, 0) is 43.3 Å². The molecule has 10 N–H and O–H groups in total. The number of Topliss-reactive ketones (excluding diaryl/α,β-unsaturated/α-hetero) is 1. The van der Waals surface area contributed by atoms with Crippen molar-refractivity contribution in [3.05, 3.63) is 65.2 Å².